The maximum atomic E-state index is 13.4. The van der Waals surface area contributed by atoms with Gasteiger partial charge in [-0.05, 0) is 52.2 Å². The summed E-state index contributed by atoms with van der Waals surface area (Å²) in [6.45, 7) is 4.49. The Kier molecular flexibility index (Phi) is 5.43. The molecular formula is C13H21FN2. The molecule has 0 aliphatic heterocycles. The summed E-state index contributed by atoms with van der Waals surface area (Å²) in [5.74, 6) is -0.111. The zero-order chi connectivity index (χ0) is 12.0. The van der Waals surface area contributed by atoms with Crippen LogP contribution < -0.4 is 5.32 Å². The molecule has 0 saturated heterocycles. The van der Waals surface area contributed by atoms with Gasteiger partial charge in [-0.3, -0.25) is 0 Å². The van der Waals surface area contributed by atoms with E-state index in [2.05, 4.69) is 24.3 Å². The van der Waals surface area contributed by atoms with Crippen molar-refractivity contribution in [3.63, 3.8) is 0 Å². The van der Waals surface area contributed by atoms with E-state index < -0.39 is 0 Å². The van der Waals surface area contributed by atoms with Gasteiger partial charge in [0.25, 0.3) is 0 Å². The molecular weight excluding hydrogens is 203 g/mol. The van der Waals surface area contributed by atoms with Gasteiger partial charge >= 0.3 is 0 Å². The fourth-order valence-electron chi connectivity index (χ4n) is 1.54. The molecule has 0 fully saturated rings. The largest absolute Gasteiger partial charge is 0.313 e. The Bertz CT molecular complexity index is 324. The lowest BCUT2D eigenvalue weighted by molar-refractivity contribution is 0.394. The molecule has 0 amide bonds. The summed E-state index contributed by atoms with van der Waals surface area (Å²) in [7, 11) is 4.11. The SMILES string of the molecule is Cc1ccc(CNCCCN(C)C)c(F)c1. The van der Waals surface area contributed by atoms with Crippen LogP contribution in [0.5, 0.6) is 0 Å². The van der Waals surface area contributed by atoms with Gasteiger partial charge in [-0.25, -0.2) is 4.39 Å². The maximum Gasteiger partial charge on any atom is 0.127 e. The zero-order valence-electron chi connectivity index (χ0n) is 10.4. The van der Waals surface area contributed by atoms with Crippen LogP contribution in [-0.4, -0.2) is 32.1 Å². The van der Waals surface area contributed by atoms with E-state index in [-0.39, 0.29) is 5.82 Å². The molecule has 16 heavy (non-hydrogen) atoms. The lowest BCUT2D eigenvalue weighted by Crippen LogP contribution is -2.21. The highest BCUT2D eigenvalue weighted by Gasteiger charge is 2.01. The molecule has 90 valence electrons. The normalized spacial score (nSPS) is 11.1. The topological polar surface area (TPSA) is 15.3 Å². The van der Waals surface area contributed by atoms with Crippen LogP contribution in [0, 0.1) is 12.7 Å². The van der Waals surface area contributed by atoms with Crippen LogP contribution in [0.15, 0.2) is 18.2 Å². The molecule has 3 heteroatoms. The van der Waals surface area contributed by atoms with Gasteiger partial charge in [0.15, 0.2) is 0 Å². The summed E-state index contributed by atoms with van der Waals surface area (Å²) in [4.78, 5) is 2.15. The maximum absolute atomic E-state index is 13.4. The molecule has 2 nitrogen and oxygen atoms in total. The van der Waals surface area contributed by atoms with E-state index in [0.717, 1.165) is 30.6 Å². The average Bonchev–Trinajstić information content (AvgIpc) is 2.20. The van der Waals surface area contributed by atoms with Crippen molar-refractivity contribution in [3.05, 3.63) is 35.1 Å². The van der Waals surface area contributed by atoms with Crippen LogP contribution in [0.4, 0.5) is 4.39 Å². The quantitative estimate of drug-likeness (QED) is 0.745. The molecule has 0 spiro atoms. The van der Waals surface area contributed by atoms with Gasteiger partial charge in [0.05, 0.1) is 0 Å². The monoisotopic (exact) mass is 224 g/mol. The van der Waals surface area contributed by atoms with Crippen molar-refractivity contribution >= 4 is 0 Å². The molecule has 0 aliphatic carbocycles. The van der Waals surface area contributed by atoms with Crippen molar-refractivity contribution in [3.8, 4) is 0 Å². The van der Waals surface area contributed by atoms with Crippen molar-refractivity contribution in [1.29, 1.82) is 0 Å². The van der Waals surface area contributed by atoms with Crippen molar-refractivity contribution in [2.45, 2.75) is 19.9 Å². The molecule has 0 bridgehead atoms. The molecule has 0 heterocycles. The smallest absolute Gasteiger partial charge is 0.127 e. The van der Waals surface area contributed by atoms with Crippen molar-refractivity contribution in [2.24, 2.45) is 0 Å². The second-order valence-corrected chi connectivity index (χ2v) is 4.43. The molecule has 0 saturated carbocycles. The first-order chi connectivity index (χ1) is 7.59. The van der Waals surface area contributed by atoms with Crippen LogP contribution in [-0.2, 0) is 6.54 Å². The number of hydrogen-bond acceptors (Lipinski definition) is 2. The van der Waals surface area contributed by atoms with E-state index in [4.69, 9.17) is 0 Å². The summed E-state index contributed by atoms with van der Waals surface area (Å²) in [5.41, 5.74) is 1.71. The molecule has 1 N–H and O–H groups in total. The van der Waals surface area contributed by atoms with Gasteiger partial charge in [0.1, 0.15) is 5.82 Å². The average molecular weight is 224 g/mol. The standard InChI is InChI=1S/C13H21FN2/c1-11-5-6-12(13(14)9-11)10-15-7-4-8-16(2)3/h5-6,9,15H,4,7-8,10H2,1-3H3. The Labute approximate surface area is 97.5 Å². The summed E-state index contributed by atoms with van der Waals surface area (Å²) < 4.78 is 13.4. The number of aryl methyl sites for hydroxylation is 1. The Morgan fingerprint density at radius 1 is 1.31 bits per heavy atom. The van der Waals surface area contributed by atoms with Gasteiger partial charge < -0.3 is 10.2 Å². The predicted octanol–water partition coefficient (Wildman–Crippen LogP) is 2.18. The highest BCUT2D eigenvalue weighted by atomic mass is 19.1. The Morgan fingerprint density at radius 2 is 2.06 bits per heavy atom. The van der Waals surface area contributed by atoms with E-state index in [1.54, 1.807) is 6.07 Å². The van der Waals surface area contributed by atoms with Crippen LogP contribution in [0.1, 0.15) is 17.5 Å². The van der Waals surface area contributed by atoms with E-state index in [1.165, 1.54) is 0 Å². The molecule has 1 aromatic rings. The van der Waals surface area contributed by atoms with Gasteiger partial charge in [-0.1, -0.05) is 12.1 Å². The minimum atomic E-state index is -0.111. The molecule has 0 radical (unpaired) electrons. The van der Waals surface area contributed by atoms with Crippen LogP contribution in [0.25, 0.3) is 0 Å². The Hall–Kier alpha value is -0.930. The second-order valence-electron chi connectivity index (χ2n) is 4.43. The number of hydrogen-bond donors (Lipinski definition) is 1. The molecule has 0 aromatic heterocycles. The van der Waals surface area contributed by atoms with Crippen molar-refractivity contribution < 1.29 is 4.39 Å². The number of halogens is 1. The van der Waals surface area contributed by atoms with Crippen molar-refractivity contribution in [2.75, 3.05) is 27.2 Å². The molecule has 0 atom stereocenters. The lowest BCUT2D eigenvalue weighted by Gasteiger charge is -2.10. The summed E-state index contributed by atoms with van der Waals surface area (Å²) in [6.07, 6.45) is 1.08. The highest BCUT2D eigenvalue weighted by Crippen LogP contribution is 2.09. The third-order valence-corrected chi connectivity index (χ3v) is 2.48. The van der Waals surface area contributed by atoms with E-state index in [0.29, 0.717) is 6.54 Å². The number of nitrogens with one attached hydrogen (secondary N) is 1. The van der Waals surface area contributed by atoms with E-state index >= 15 is 0 Å². The predicted molar refractivity (Wildman–Crippen MR) is 66.0 cm³/mol. The van der Waals surface area contributed by atoms with E-state index in [9.17, 15) is 4.39 Å². The first kappa shape index (κ1) is 13.1. The second kappa shape index (κ2) is 6.61. The Balaban J connectivity index is 2.27. The zero-order valence-corrected chi connectivity index (χ0v) is 10.4. The molecule has 0 aliphatic rings. The van der Waals surface area contributed by atoms with Crippen LogP contribution in [0.3, 0.4) is 0 Å². The van der Waals surface area contributed by atoms with Gasteiger partial charge in [-0.2, -0.15) is 0 Å². The summed E-state index contributed by atoms with van der Waals surface area (Å²) in [5, 5.41) is 3.25. The number of rotatable bonds is 6. The minimum Gasteiger partial charge on any atom is -0.313 e. The van der Waals surface area contributed by atoms with Crippen LogP contribution >= 0.6 is 0 Å². The number of benzene rings is 1. The Morgan fingerprint density at radius 3 is 2.69 bits per heavy atom. The molecule has 1 aromatic carbocycles. The minimum absolute atomic E-state index is 0.111. The number of nitrogens with zero attached hydrogens (tertiary/aromatic N) is 1. The van der Waals surface area contributed by atoms with Gasteiger partial charge in [0.2, 0.25) is 0 Å². The molecule has 1 rings (SSSR count). The summed E-state index contributed by atoms with van der Waals surface area (Å²) >= 11 is 0. The third-order valence-electron chi connectivity index (χ3n) is 2.48. The van der Waals surface area contributed by atoms with Crippen molar-refractivity contribution in [1.82, 2.24) is 10.2 Å². The third kappa shape index (κ3) is 4.73. The van der Waals surface area contributed by atoms with Crippen LogP contribution in [0.2, 0.25) is 0 Å². The molecule has 0 unspecified atom stereocenters. The van der Waals surface area contributed by atoms with Gasteiger partial charge in [0, 0.05) is 12.1 Å². The summed E-state index contributed by atoms with van der Waals surface area (Å²) in [6, 6.07) is 5.38. The van der Waals surface area contributed by atoms with E-state index in [1.807, 2.05) is 19.1 Å². The lowest BCUT2D eigenvalue weighted by atomic mass is 10.1. The fourth-order valence-corrected chi connectivity index (χ4v) is 1.54. The first-order valence-electron chi connectivity index (χ1n) is 5.70. The van der Waals surface area contributed by atoms with Gasteiger partial charge in [-0.15, -0.1) is 0 Å². The first-order valence-corrected chi connectivity index (χ1v) is 5.70. The fraction of sp³-hybridized carbons (Fsp3) is 0.538. The highest BCUT2D eigenvalue weighted by molar-refractivity contribution is 5.23.